The third kappa shape index (κ3) is 1.13. The van der Waals surface area contributed by atoms with Gasteiger partial charge in [0.25, 0.3) is 0 Å². The predicted molar refractivity (Wildman–Crippen MR) is 57.1 cm³/mol. The zero-order valence-corrected chi connectivity index (χ0v) is 9.35. The van der Waals surface area contributed by atoms with Gasteiger partial charge >= 0.3 is 0 Å². The van der Waals surface area contributed by atoms with Crippen molar-refractivity contribution >= 4 is 76.5 Å². The van der Waals surface area contributed by atoms with E-state index in [4.69, 9.17) is 24.4 Å². The van der Waals surface area contributed by atoms with Crippen molar-refractivity contribution in [2.24, 2.45) is 0 Å². The second kappa shape index (κ2) is 2.69. The molecule has 0 aliphatic carbocycles. The predicted octanol–water partition coefficient (Wildman–Crippen LogP) is 4.54. The molecule has 2 heterocycles. The molecular formula is C4S6. The van der Waals surface area contributed by atoms with Crippen LogP contribution in [0.1, 0.15) is 0 Å². The third-order valence-electron chi connectivity index (χ3n) is 0.925. The van der Waals surface area contributed by atoms with Gasteiger partial charge in [-0.25, -0.2) is 0 Å². The standard InChI is InChI=1S/C4S6/c5-2-1-3(10-9-2)8-4(6)7-1. The Morgan fingerprint density at radius 2 is 1.80 bits per heavy atom. The maximum atomic E-state index is 5.10. The second-order valence-electron chi connectivity index (χ2n) is 1.52. The molecule has 0 radical (unpaired) electrons. The van der Waals surface area contributed by atoms with Crippen LogP contribution in [0, 0.1) is 6.96 Å². The molecule has 0 unspecified atom stereocenters. The van der Waals surface area contributed by atoms with Gasteiger partial charge in [-0.1, -0.05) is 45.1 Å². The smallest absolute Gasteiger partial charge is 0.109 e. The van der Waals surface area contributed by atoms with Crippen LogP contribution in [0.5, 0.6) is 0 Å². The van der Waals surface area contributed by atoms with E-state index in [0.717, 1.165) is 6.96 Å². The molecule has 2 aromatic rings. The number of fused-ring (bicyclic) bond motifs is 1. The Labute approximate surface area is 82.8 Å². The van der Waals surface area contributed by atoms with Crippen molar-refractivity contribution in [3.63, 3.8) is 0 Å². The van der Waals surface area contributed by atoms with Crippen molar-refractivity contribution < 1.29 is 0 Å². The molecule has 10 heavy (non-hydrogen) atoms. The summed E-state index contributed by atoms with van der Waals surface area (Å²) in [5.41, 5.74) is 0. The first-order valence-corrected chi connectivity index (χ1v) is 6.90. The normalized spacial score (nSPS) is 10.8. The van der Waals surface area contributed by atoms with E-state index in [9.17, 15) is 0 Å². The van der Waals surface area contributed by atoms with Gasteiger partial charge in [0.05, 0.1) is 4.70 Å². The molecular weight excluding hydrogens is 240 g/mol. The quantitative estimate of drug-likeness (QED) is 0.489. The monoisotopic (exact) mass is 240 g/mol. The van der Waals surface area contributed by atoms with E-state index >= 15 is 0 Å². The summed E-state index contributed by atoms with van der Waals surface area (Å²) in [5, 5.41) is 0. The molecule has 0 nitrogen and oxygen atoms in total. The molecule has 2 aromatic heterocycles. The van der Waals surface area contributed by atoms with Gasteiger partial charge < -0.3 is 0 Å². The number of hydrogen-bond donors (Lipinski definition) is 0. The highest BCUT2D eigenvalue weighted by molar-refractivity contribution is 7.85. The van der Waals surface area contributed by atoms with E-state index < -0.39 is 0 Å². The first-order valence-electron chi connectivity index (χ1n) is 2.30. The van der Waals surface area contributed by atoms with Crippen molar-refractivity contribution in [2.75, 3.05) is 0 Å². The SMILES string of the molecule is S=c1sc2ssc(=S)c2s1. The van der Waals surface area contributed by atoms with Gasteiger partial charge in [-0.15, -0.1) is 22.7 Å². The fourth-order valence-electron chi connectivity index (χ4n) is 0.561. The Morgan fingerprint density at radius 3 is 2.50 bits per heavy atom. The molecule has 0 N–H and O–H groups in total. The van der Waals surface area contributed by atoms with E-state index in [1.165, 1.54) is 8.71 Å². The van der Waals surface area contributed by atoms with Crippen LogP contribution in [0.15, 0.2) is 0 Å². The van der Waals surface area contributed by atoms with Crippen molar-refractivity contribution in [1.82, 2.24) is 0 Å². The van der Waals surface area contributed by atoms with Crippen LogP contribution >= 0.6 is 67.8 Å². The van der Waals surface area contributed by atoms with Crippen LogP contribution < -0.4 is 0 Å². The Morgan fingerprint density at radius 1 is 1.00 bits per heavy atom. The molecule has 0 aromatic carbocycles. The van der Waals surface area contributed by atoms with Crippen molar-refractivity contribution in [1.29, 1.82) is 0 Å². The van der Waals surface area contributed by atoms with Crippen LogP contribution in [-0.2, 0) is 0 Å². The van der Waals surface area contributed by atoms with Gasteiger partial charge in [0.15, 0.2) is 0 Å². The summed E-state index contributed by atoms with van der Waals surface area (Å²) in [6.45, 7) is 0. The summed E-state index contributed by atoms with van der Waals surface area (Å²) in [6.07, 6.45) is 0. The molecule has 0 spiro atoms. The lowest BCUT2D eigenvalue weighted by molar-refractivity contribution is 2.48. The van der Waals surface area contributed by atoms with E-state index in [1.807, 2.05) is 0 Å². The van der Waals surface area contributed by atoms with Crippen molar-refractivity contribution in [3.05, 3.63) is 6.96 Å². The van der Waals surface area contributed by atoms with Gasteiger partial charge in [-0.05, 0) is 0 Å². The fourth-order valence-corrected chi connectivity index (χ4v) is 7.04. The van der Waals surface area contributed by atoms with Crippen molar-refractivity contribution in [2.45, 2.75) is 0 Å². The van der Waals surface area contributed by atoms with Crippen LogP contribution in [0.3, 0.4) is 0 Å². The molecule has 2 rings (SSSR count). The molecule has 0 aliphatic rings. The Hall–Kier alpha value is 0.800. The third-order valence-corrected chi connectivity index (χ3v) is 7.41. The highest BCUT2D eigenvalue weighted by Gasteiger charge is 2.01. The van der Waals surface area contributed by atoms with Gasteiger partial charge in [0, 0.05) is 0 Å². The molecule has 0 bridgehead atoms. The average Bonchev–Trinajstić information content (AvgIpc) is 2.35. The van der Waals surface area contributed by atoms with Crippen LogP contribution in [0.2, 0.25) is 0 Å². The second-order valence-corrected chi connectivity index (χ2v) is 7.82. The van der Waals surface area contributed by atoms with Gasteiger partial charge in [0.2, 0.25) is 0 Å². The average molecular weight is 240 g/mol. The molecule has 0 fully saturated rings. The summed E-state index contributed by atoms with van der Waals surface area (Å²) in [5.74, 6) is 0. The van der Waals surface area contributed by atoms with Crippen molar-refractivity contribution in [3.8, 4) is 0 Å². The maximum absolute atomic E-state index is 5.10. The summed E-state index contributed by atoms with van der Waals surface area (Å²) in [4.78, 5) is 0. The number of hydrogen-bond acceptors (Lipinski definition) is 6. The Bertz CT molecular complexity index is 449. The van der Waals surface area contributed by atoms with Crippen LogP contribution in [-0.4, -0.2) is 0 Å². The summed E-state index contributed by atoms with van der Waals surface area (Å²) in [7, 11) is 3.40. The Kier molecular flexibility index (Phi) is 2.00. The minimum atomic E-state index is 0.986. The highest BCUT2D eigenvalue weighted by Crippen LogP contribution is 2.36. The van der Waals surface area contributed by atoms with Gasteiger partial charge in [-0.3, -0.25) is 0 Å². The minimum Gasteiger partial charge on any atom is -0.109 e. The molecule has 0 atom stereocenters. The summed E-state index contributed by atoms with van der Waals surface area (Å²) >= 11 is 13.4. The molecule has 6 heteroatoms. The van der Waals surface area contributed by atoms with Gasteiger partial charge in [-0.2, -0.15) is 0 Å². The highest BCUT2D eigenvalue weighted by atomic mass is 32.9. The summed E-state index contributed by atoms with van der Waals surface area (Å²) < 4.78 is 4.50. The molecule has 0 saturated heterocycles. The first kappa shape index (κ1) is 7.45. The zero-order chi connectivity index (χ0) is 7.14. The zero-order valence-electron chi connectivity index (χ0n) is 4.45. The lowest BCUT2D eigenvalue weighted by atomic mass is 10.8. The fraction of sp³-hybridized carbons (Fsp3) is 0. The topological polar surface area (TPSA) is 0 Å². The van der Waals surface area contributed by atoms with Crippen LogP contribution in [0.25, 0.3) is 8.71 Å². The number of rotatable bonds is 0. The van der Waals surface area contributed by atoms with Crippen LogP contribution in [0.4, 0.5) is 0 Å². The molecule has 52 valence electrons. The first-order chi connectivity index (χ1) is 4.77. The molecule has 0 amide bonds. The minimum absolute atomic E-state index is 0.986. The van der Waals surface area contributed by atoms with E-state index in [0.29, 0.717) is 0 Å². The lowest BCUT2D eigenvalue weighted by Gasteiger charge is -1.62. The van der Waals surface area contributed by atoms with E-state index in [-0.39, 0.29) is 0 Å². The van der Waals surface area contributed by atoms with E-state index in [1.54, 1.807) is 43.4 Å². The summed E-state index contributed by atoms with van der Waals surface area (Å²) in [6, 6.07) is 0. The Balaban J connectivity index is 3.18. The molecule has 0 saturated carbocycles. The largest absolute Gasteiger partial charge is 0.145 e. The maximum Gasteiger partial charge on any atom is 0.145 e. The van der Waals surface area contributed by atoms with Gasteiger partial charge in [0.1, 0.15) is 11.0 Å². The lowest BCUT2D eigenvalue weighted by Crippen LogP contribution is -1.37. The molecule has 0 aliphatic heterocycles. The van der Waals surface area contributed by atoms with E-state index in [2.05, 4.69) is 0 Å².